The number of anilines is 1. The molecule has 1 saturated heterocycles. The van der Waals surface area contributed by atoms with Gasteiger partial charge in [0.1, 0.15) is 12.4 Å². The van der Waals surface area contributed by atoms with Gasteiger partial charge >= 0.3 is 0 Å². The first-order chi connectivity index (χ1) is 17.2. The number of hydrogen-bond donors (Lipinski definition) is 2. The van der Waals surface area contributed by atoms with E-state index < -0.39 is 0 Å². The number of carbonyl (C=O) groups is 1. The molecule has 0 unspecified atom stereocenters. The van der Waals surface area contributed by atoms with Gasteiger partial charge in [-0.25, -0.2) is 0 Å². The Hall–Kier alpha value is -3.87. The lowest BCUT2D eigenvalue weighted by atomic mass is 10.00. The van der Waals surface area contributed by atoms with Gasteiger partial charge in [-0.05, 0) is 47.5 Å². The molecule has 6 heteroatoms. The second-order valence-corrected chi connectivity index (χ2v) is 8.91. The first-order valence-corrected chi connectivity index (χ1v) is 12.0. The van der Waals surface area contributed by atoms with Gasteiger partial charge in [-0.3, -0.25) is 9.69 Å². The Bertz CT molecular complexity index is 1400. The maximum Gasteiger partial charge on any atom is 0.256 e. The smallest absolute Gasteiger partial charge is 0.256 e. The summed E-state index contributed by atoms with van der Waals surface area (Å²) < 4.78 is 11.4. The number of nitrogens with zero attached hydrogens (tertiary/aromatic N) is 1. The highest BCUT2D eigenvalue weighted by molar-refractivity contribution is 6.35. The Kier molecular flexibility index (Phi) is 5.82. The van der Waals surface area contributed by atoms with Crippen LogP contribution in [0, 0.1) is 0 Å². The first-order valence-electron chi connectivity index (χ1n) is 12.0. The maximum absolute atomic E-state index is 12.8. The van der Waals surface area contributed by atoms with E-state index in [2.05, 4.69) is 39.5 Å². The lowest BCUT2D eigenvalue weighted by Crippen LogP contribution is -2.38. The normalized spacial score (nSPS) is 17.0. The molecule has 1 aromatic heterocycles. The van der Waals surface area contributed by atoms with Crippen molar-refractivity contribution in [3.8, 4) is 16.9 Å². The summed E-state index contributed by atoms with van der Waals surface area (Å²) in [6.45, 7) is 5.06. The molecule has 2 N–H and O–H groups in total. The SMILES string of the molecule is O=C1Nc2cc(-c3ccccc3)ccc2C1=Cc1cc2cc(OCCN3CCOCC3)ccc2[nH]1. The van der Waals surface area contributed by atoms with Crippen molar-refractivity contribution in [2.45, 2.75) is 0 Å². The molecule has 0 saturated carbocycles. The molecule has 0 radical (unpaired) electrons. The quantitative estimate of drug-likeness (QED) is 0.392. The van der Waals surface area contributed by atoms with E-state index in [1.807, 2.05) is 54.6 Å². The Balaban J connectivity index is 1.20. The third-order valence-corrected chi connectivity index (χ3v) is 6.60. The molecule has 3 aromatic carbocycles. The van der Waals surface area contributed by atoms with Crippen LogP contribution < -0.4 is 10.1 Å². The van der Waals surface area contributed by atoms with Crippen LogP contribution in [0.15, 0.2) is 72.8 Å². The number of fused-ring (bicyclic) bond motifs is 2. The molecule has 0 aliphatic carbocycles. The largest absolute Gasteiger partial charge is 0.492 e. The van der Waals surface area contributed by atoms with Crippen LogP contribution in [0.5, 0.6) is 5.75 Å². The number of aromatic nitrogens is 1. The Morgan fingerprint density at radius 3 is 2.66 bits per heavy atom. The first kappa shape index (κ1) is 21.6. The number of benzene rings is 3. The molecule has 4 aromatic rings. The predicted octanol–water partition coefficient (Wildman–Crippen LogP) is 5.04. The average molecular weight is 466 g/mol. The summed E-state index contributed by atoms with van der Waals surface area (Å²) in [4.78, 5) is 18.5. The van der Waals surface area contributed by atoms with Gasteiger partial charge in [-0.1, -0.05) is 42.5 Å². The highest BCUT2D eigenvalue weighted by Gasteiger charge is 2.24. The number of amides is 1. The van der Waals surface area contributed by atoms with Crippen molar-refractivity contribution in [2.24, 2.45) is 0 Å². The molecule has 2 aliphatic heterocycles. The van der Waals surface area contributed by atoms with Crippen LogP contribution in [-0.2, 0) is 9.53 Å². The van der Waals surface area contributed by atoms with Crippen molar-refractivity contribution in [1.82, 2.24) is 9.88 Å². The zero-order valence-electron chi connectivity index (χ0n) is 19.4. The number of carbonyl (C=O) groups excluding carboxylic acids is 1. The minimum absolute atomic E-state index is 0.0870. The zero-order valence-corrected chi connectivity index (χ0v) is 19.4. The monoisotopic (exact) mass is 465 g/mol. The highest BCUT2D eigenvalue weighted by atomic mass is 16.5. The van der Waals surface area contributed by atoms with E-state index in [0.29, 0.717) is 12.2 Å². The van der Waals surface area contributed by atoms with E-state index in [0.717, 1.165) is 77.6 Å². The summed E-state index contributed by atoms with van der Waals surface area (Å²) in [6.07, 6.45) is 1.92. The molecule has 0 bridgehead atoms. The fraction of sp³-hybridized carbons (Fsp3) is 0.207. The van der Waals surface area contributed by atoms with E-state index in [-0.39, 0.29) is 5.91 Å². The Labute approximate surface area is 204 Å². The summed E-state index contributed by atoms with van der Waals surface area (Å²) in [5, 5.41) is 4.07. The van der Waals surface area contributed by atoms with Gasteiger partial charge in [-0.15, -0.1) is 0 Å². The number of nitrogens with one attached hydrogen (secondary N) is 2. The number of hydrogen-bond acceptors (Lipinski definition) is 4. The Morgan fingerprint density at radius 1 is 0.943 bits per heavy atom. The molecule has 1 fully saturated rings. The van der Waals surface area contributed by atoms with Crippen molar-refractivity contribution in [1.29, 1.82) is 0 Å². The predicted molar refractivity (Wildman–Crippen MR) is 139 cm³/mol. The third kappa shape index (κ3) is 4.58. The molecule has 35 heavy (non-hydrogen) atoms. The molecule has 2 aliphatic rings. The zero-order chi connectivity index (χ0) is 23.6. The summed E-state index contributed by atoms with van der Waals surface area (Å²) in [7, 11) is 0. The van der Waals surface area contributed by atoms with Gasteiger partial charge in [-0.2, -0.15) is 0 Å². The van der Waals surface area contributed by atoms with Crippen molar-refractivity contribution in [2.75, 3.05) is 44.8 Å². The second-order valence-electron chi connectivity index (χ2n) is 8.91. The summed E-state index contributed by atoms with van der Waals surface area (Å²) in [5.74, 6) is 0.761. The Morgan fingerprint density at radius 2 is 1.80 bits per heavy atom. The number of H-pyrrole nitrogens is 1. The van der Waals surface area contributed by atoms with Crippen molar-refractivity contribution in [3.05, 3.63) is 84.1 Å². The van der Waals surface area contributed by atoms with E-state index in [1.54, 1.807) is 0 Å². The van der Waals surface area contributed by atoms with Gasteiger partial charge in [0.25, 0.3) is 5.91 Å². The van der Waals surface area contributed by atoms with Crippen LogP contribution in [0.2, 0.25) is 0 Å². The summed E-state index contributed by atoms with van der Waals surface area (Å²) in [5.41, 5.74) is 6.52. The highest BCUT2D eigenvalue weighted by Crippen LogP contribution is 2.36. The standard InChI is InChI=1S/C29H27N3O3/c33-29-26(25-8-6-21(18-28(25)31-29)20-4-2-1-3-5-20)19-23-16-22-17-24(7-9-27(22)30-23)35-15-12-32-10-13-34-14-11-32/h1-9,16-19,30H,10-15H2,(H,31,33). The van der Waals surface area contributed by atoms with Crippen LogP contribution in [-0.4, -0.2) is 55.2 Å². The van der Waals surface area contributed by atoms with Crippen LogP contribution in [0.25, 0.3) is 33.7 Å². The van der Waals surface area contributed by atoms with Gasteiger partial charge in [0.2, 0.25) is 0 Å². The molecule has 1 amide bonds. The molecule has 3 heterocycles. The maximum atomic E-state index is 12.8. The van der Waals surface area contributed by atoms with Gasteiger partial charge in [0.15, 0.2) is 0 Å². The van der Waals surface area contributed by atoms with Crippen molar-refractivity contribution >= 4 is 34.1 Å². The minimum atomic E-state index is -0.0870. The minimum Gasteiger partial charge on any atom is -0.492 e. The average Bonchev–Trinajstić information content (AvgIpc) is 3.44. The van der Waals surface area contributed by atoms with Gasteiger partial charge < -0.3 is 19.8 Å². The number of morpholine rings is 1. The molecule has 6 nitrogen and oxygen atoms in total. The number of aromatic amines is 1. The molecular formula is C29H27N3O3. The summed E-state index contributed by atoms with van der Waals surface area (Å²) in [6, 6.07) is 24.4. The van der Waals surface area contributed by atoms with Crippen LogP contribution in [0.1, 0.15) is 11.3 Å². The molecule has 0 atom stereocenters. The summed E-state index contributed by atoms with van der Waals surface area (Å²) >= 11 is 0. The van der Waals surface area contributed by atoms with Crippen molar-refractivity contribution < 1.29 is 14.3 Å². The topological polar surface area (TPSA) is 66.6 Å². The van der Waals surface area contributed by atoms with Gasteiger partial charge in [0, 0.05) is 47.5 Å². The number of rotatable bonds is 6. The second kappa shape index (κ2) is 9.41. The fourth-order valence-corrected chi connectivity index (χ4v) is 4.72. The molecule has 0 spiro atoms. The van der Waals surface area contributed by atoms with E-state index in [1.165, 1.54) is 0 Å². The van der Waals surface area contributed by atoms with Crippen LogP contribution in [0.4, 0.5) is 5.69 Å². The molecule has 176 valence electrons. The lowest BCUT2D eigenvalue weighted by molar-refractivity contribution is -0.110. The van der Waals surface area contributed by atoms with E-state index >= 15 is 0 Å². The molecule has 6 rings (SSSR count). The number of ether oxygens (including phenoxy) is 2. The van der Waals surface area contributed by atoms with Crippen LogP contribution >= 0.6 is 0 Å². The lowest BCUT2D eigenvalue weighted by Gasteiger charge is -2.26. The van der Waals surface area contributed by atoms with E-state index in [4.69, 9.17) is 9.47 Å². The molecular weight excluding hydrogens is 438 g/mol. The van der Waals surface area contributed by atoms with Gasteiger partial charge in [0.05, 0.1) is 18.8 Å². The van der Waals surface area contributed by atoms with Crippen LogP contribution in [0.3, 0.4) is 0 Å². The third-order valence-electron chi connectivity index (χ3n) is 6.60. The van der Waals surface area contributed by atoms with Crippen molar-refractivity contribution in [3.63, 3.8) is 0 Å². The van der Waals surface area contributed by atoms with E-state index in [9.17, 15) is 4.79 Å². The fourth-order valence-electron chi connectivity index (χ4n) is 4.72.